The van der Waals surface area contributed by atoms with Crippen LogP contribution in [0.25, 0.3) is 0 Å². The molecule has 0 bridgehead atoms. The molecule has 0 spiro atoms. The van der Waals surface area contributed by atoms with Crippen LogP contribution < -0.4 is 15.5 Å². The minimum absolute atomic E-state index is 0.0621. The van der Waals surface area contributed by atoms with Crippen LogP contribution in [0.4, 0.5) is 10.5 Å². The van der Waals surface area contributed by atoms with Crippen molar-refractivity contribution in [2.24, 2.45) is 5.92 Å². The Kier molecular flexibility index (Phi) is 6.04. The fraction of sp³-hybridized carbons (Fsp3) is 0.444. The Morgan fingerprint density at radius 3 is 2.57 bits per heavy atom. The monoisotopic (exact) mass is 313 g/mol. The Balaban J connectivity index is 1.87. The Hall–Kier alpha value is -2.48. The van der Waals surface area contributed by atoms with E-state index in [9.17, 15) is 9.59 Å². The Morgan fingerprint density at radius 2 is 2.00 bits per heavy atom. The van der Waals surface area contributed by atoms with Gasteiger partial charge in [0.2, 0.25) is 5.91 Å². The van der Waals surface area contributed by atoms with E-state index in [1.165, 1.54) is 0 Å². The summed E-state index contributed by atoms with van der Waals surface area (Å²) in [4.78, 5) is 25.1. The van der Waals surface area contributed by atoms with Gasteiger partial charge in [0.1, 0.15) is 0 Å². The van der Waals surface area contributed by atoms with E-state index in [-0.39, 0.29) is 17.9 Å². The van der Waals surface area contributed by atoms with Crippen LogP contribution in [-0.2, 0) is 4.79 Å². The van der Waals surface area contributed by atoms with Gasteiger partial charge in [-0.3, -0.25) is 9.69 Å². The van der Waals surface area contributed by atoms with Crippen LogP contribution in [0.2, 0.25) is 0 Å². The minimum atomic E-state index is -0.0621. The lowest BCUT2D eigenvalue weighted by Gasteiger charge is -2.13. The predicted molar refractivity (Wildman–Crippen MR) is 91.1 cm³/mol. The first-order valence-electron chi connectivity index (χ1n) is 8.07. The molecular formula is C18H23N3O2. The third-order valence-electron chi connectivity index (χ3n) is 3.98. The lowest BCUT2D eigenvalue weighted by atomic mass is 10.0. The number of anilines is 1. The van der Waals surface area contributed by atoms with Crippen LogP contribution in [0.1, 0.15) is 32.3 Å². The van der Waals surface area contributed by atoms with Gasteiger partial charge >= 0.3 is 6.03 Å². The van der Waals surface area contributed by atoms with E-state index in [4.69, 9.17) is 0 Å². The van der Waals surface area contributed by atoms with E-state index < -0.39 is 0 Å². The number of hydrogen-bond acceptors (Lipinski definition) is 2. The van der Waals surface area contributed by atoms with Gasteiger partial charge in [0, 0.05) is 30.3 Å². The predicted octanol–water partition coefficient (Wildman–Crippen LogP) is 2.12. The van der Waals surface area contributed by atoms with Crippen LogP contribution in [0, 0.1) is 17.8 Å². The smallest absolute Gasteiger partial charge is 0.321 e. The summed E-state index contributed by atoms with van der Waals surface area (Å²) in [5.74, 6) is 6.12. The number of nitrogens with one attached hydrogen (secondary N) is 2. The molecule has 1 aliphatic rings. The maximum Gasteiger partial charge on any atom is 0.321 e. The number of hydrogen-bond donors (Lipinski definition) is 2. The van der Waals surface area contributed by atoms with Crippen LogP contribution in [0.5, 0.6) is 0 Å². The van der Waals surface area contributed by atoms with Gasteiger partial charge in [-0.05, 0) is 37.1 Å². The van der Waals surface area contributed by atoms with Gasteiger partial charge < -0.3 is 10.6 Å². The van der Waals surface area contributed by atoms with Crippen molar-refractivity contribution in [3.8, 4) is 11.8 Å². The normalized spacial score (nSPS) is 13.5. The molecule has 0 radical (unpaired) electrons. The molecule has 2 N–H and O–H groups in total. The fourth-order valence-electron chi connectivity index (χ4n) is 2.52. The van der Waals surface area contributed by atoms with Gasteiger partial charge in [0.15, 0.2) is 0 Å². The topological polar surface area (TPSA) is 61.4 Å². The molecule has 1 heterocycles. The zero-order chi connectivity index (χ0) is 16.7. The molecule has 23 heavy (non-hydrogen) atoms. The third-order valence-corrected chi connectivity index (χ3v) is 3.98. The number of urea groups is 1. The summed E-state index contributed by atoms with van der Waals surface area (Å²) in [6.45, 7) is 5.75. The second kappa shape index (κ2) is 8.23. The standard InChI is InChI=1S/C18H23N3O2/c1-3-15(4-2)17(22)19-11-5-6-14-7-9-16(10-8-14)21-13-12-20-18(21)23/h7-10,15H,3-4,11-13H2,1-2H3,(H,19,22)(H,20,23). The van der Waals surface area contributed by atoms with Crippen molar-refractivity contribution in [2.45, 2.75) is 26.7 Å². The molecule has 0 unspecified atom stereocenters. The third kappa shape index (κ3) is 4.49. The second-order valence-corrected chi connectivity index (χ2v) is 5.46. The molecule has 0 atom stereocenters. The van der Waals surface area contributed by atoms with Gasteiger partial charge in [-0.2, -0.15) is 0 Å². The van der Waals surface area contributed by atoms with Crippen molar-refractivity contribution in [1.29, 1.82) is 0 Å². The van der Waals surface area contributed by atoms with E-state index in [0.717, 1.165) is 24.1 Å². The van der Waals surface area contributed by atoms with Crippen molar-refractivity contribution in [3.63, 3.8) is 0 Å². The average molecular weight is 313 g/mol. The minimum Gasteiger partial charge on any atom is -0.345 e. The maximum absolute atomic E-state index is 11.8. The van der Waals surface area contributed by atoms with E-state index in [1.54, 1.807) is 4.90 Å². The second-order valence-electron chi connectivity index (χ2n) is 5.46. The van der Waals surface area contributed by atoms with Crippen LogP contribution >= 0.6 is 0 Å². The average Bonchev–Trinajstić information content (AvgIpc) is 2.99. The quantitative estimate of drug-likeness (QED) is 0.818. The highest BCUT2D eigenvalue weighted by molar-refractivity contribution is 5.94. The van der Waals surface area contributed by atoms with E-state index in [0.29, 0.717) is 19.6 Å². The largest absolute Gasteiger partial charge is 0.345 e. The molecular weight excluding hydrogens is 290 g/mol. The molecule has 0 saturated carbocycles. The first-order valence-corrected chi connectivity index (χ1v) is 8.07. The van der Waals surface area contributed by atoms with Gasteiger partial charge in [-0.1, -0.05) is 25.7 Å². The van der Waals surface area contributed by atoms with Crippen molar-refractivity contribution in [2.75, 3.05) is 24.5 Å². The number of amides is 3. The van der Waals surface area contributed by atoms with Gasteiger partial charge in [-0.25, -0.2) is 4.79 Å². The van der Waals surface area contributed by atoms with E-state index in [2.05, 4.69) is 22.5 Å². The lowest BCUT2D eigenvalue weighted by molar-refractivity contribution is -0.124. The molecule has 1 aliphatic heterocycles. The molecule has 1 saturated heterocycles. The van der Waals surface area contributed by atoms with Crippen molar-refractivity contribution in [3.05, 3.63) is 29.8 Å². The number of rotatable bonds is 5. The first kappa shape index (κ1) is 16.9. The zero-order valence-corrected chi connectivity index (χ0v) is 13.7. The molecule has 1 aromatic rings. The molecule has 122 valence electrons. The van der Waals surface area contributed by atoms with Crippen LogP contribution in [0.3, 0.4) is 0 Å². The number of benzene rings is 1. The molecule has 5 nitrogen and oxygen atoms in total. The summed E-state index contributed by atoms with van der Waals surface area (Å²) in [5.41, 5.74) is 1.73. The maximum atomic E-state index is 11.8. The number of nitrogens with zero attached hydrogens (tertiary/aromatic N) is 1. The summed E-state index contributed by atoms with van der Waals surface area (Å²) in [7, 11) is 0. The Morgan fingerprint density at radius 1 is 1.30 bits per heavy atom. The van der Waals surface area contributed by atoms with Gasteiger partial charge in [0.05, 0.1) is 6.54 Å². The van der Waals surface area contributed by atoms with Gasteiger partial charge in [-0.15, -0.1) is 0 Å². The summed E-state index contributed by atoms with van der Waals surface area (Å²) >= 11 is 0. The highest BCUT2D eigenvalue weighted by Crippen LogP contribution is 2.16. The summed E-state index contributed by atoms with van der Waals surface area (Å²) < 4.78 is 0. The van der Waals surface area contributed by atoms with Crippen molar-refractivity contribution in [1.82, 2.24) is 10.6 Å². The van der Waals surface area contributed by atoms with E-state index in [1.807, 2.05) is 38.1 Å². The zero-order valence-electron chi connectivity index (χ0n) is 13.7. The summed E-state index contributed by atoms with van der Waals surface area (Å²) in [6.07, 6.45) is 1.70. The fourth-order valence-corrected chi connectivity index (χ4v) is 2.52. The summed E-state index contributed by atoms with van der Waals surface area (Å²) in [5, 5.41) is 5.62. The number of carbonyl (C=O) groups excluding carboxylic acids is 2. The molecule has 1 fully saturated rings. The van der Waals surface area contributed by atoms with Crippen molar-refractivity contribution < 1.29 is 9.59 Å². The Bertz CT molecular complexity index is 609. The SMILES string of the molecule is CCC(CC)C(=O)NCC#Cc1ccc(N2CCNC2=O)cc1. The molecule has 2 rings (SSSR count). The first-order chi connectivity index (χ1) is 11.2. The molecule has 0 aromatic heterocycles. The lowest BCUT2D eigenvalue weighted by Crippen LogP contribution is -2.30. The van der Waals surface area contributed by atoms with Gasteiger partial charge in [0.25, 0.3) is 0 Å². The van der Waals surface area contributed by atoms with Crippen molar-refractivity contribution >= 4 is 17.6 Å². The highest BCUT2D eigenvalue weighted by Gasteiger charge is 2.20. The van der Waals surface area contributed by atoms with Crippen LogP contribution in [0.15, 0.2) is 24.3 Å². The molecule has 3 amide bonds. The highest BCUT2D eigenvalue weighted by atomic mass is 16.2. The van der Waals surface area contributed by atoms with Crippen LogP contribution in [-0.4, -0.2) is 31.6 Å². The molecule has 1 aromatic carbocycles. The number of carbonyl (C=O) groups is 2. The summed E-state index contributed by atoms with van der Waals surface area (Å²) in [6, 6.07) is 7.48. The molecule has 0 aliphatic carbocycles. The molecule has 5 heteroatoms. The van der Waals surface area contributed by atoms with E-state index >= 15 is 0 Å². The Labute approximate surface area is 137 Å².